The van der Waals surface area contributed by atoms with Gasteiger partial charge in [0, 0.05) is 12.0 Å². The number of hydrogen-bond donors (Lipinski definition) is 1. The molecular weight excluding hydrogens is 262 g/mol. The Morgan fingerprint density at radius 3 is 3.00 bits per heavy atom. The summed E-state index contributed by atoms with van der Waals surface area (Å²) < 4.78 is 11.9. The molecule has 0 aliphatic carbocycles. The normalized spacial score (nSPS) is 20.2. The number of nitrogens with one attached hydrogen (secondary N) is 1. The van der Waals surface area contributed by atoms with Crippen molar-refractivity contribution in [2.24, 2.45) is 0 Å². The maximum atomic E-state index is 6.13. The van der Waals surface area contributed by atoms with E-state index < -0.39 is 0 Å². The molecule has 3 nitrogen and oxygen atoms in total. The summed E-state index contributed by atoms with van der Waals surface area (Å²) in [5, 5.41) is 4.75. The van der Waals surface area contributed by atoms with E-state index in [0.29, 0.717) is 6.10 Å². The summed E-state index contributed by atoms with van der Waals surface area (Å²) in [7, 11) is 0. The molecule has 0 radical (unpaired) electrons. The van der Waals surface area contributed by atoms with E-state index in [1.165, 1.54) is 23.8 Å². The van der Waals surface area contributed by atoms with Crippen molar-refractivity contribution < 1.29 is 9.15 Å². The van der Waals surface area contributed by atoms with Gasteiger partial charge in [-0.05, 0) is 50.8 Å². The van der Waals surface area contributed by atoms with Crippen molar-refractivity contribution in [1.82, 2.24) is 5.32 Å². The van der Waals surface area contributed by atoms with Crippen molar-refractivity contribution in [2.75, 3.05) is 13.2 Å². The highest BCUT2D eigenvalue weighted by Crippen LogP contribution is 2.30. The summed E-state index contributed by atoms with van der Waals surface area (Å²) in [6.07, 6.45) is 5.03. The lowest BCUT2D eigenvalue weighted by Gasteiger charge is -2.17. The van der Waals surface area contributed by atoms with E-state index in [1.807, 2.05) is 0 Å². The van der Waals surface area contributed by atoms with Crippen LogP contribution in [0.2, 0.25) is 0 Å². The Morgan fingerprint density at radius 2 is 2.29 bits per heavy atom. The van der Waals surface area contributed by atoms with E-state index in [2.05, 4.69) is 43.4 Å². The molecule has 1 aromatic heterocycles. The molecule has 3 rings (SSSR count). The molecule has 1 aromatic carbocycles. The third-order valence-corrected chi connectivity index (χ3v) is 4.36. The highest BCUT2D eigenvalue weighted by molar-refractivity contribution is 5.80. The molecule has 2 atom stereocenters. The minimum atomic E-state index is 0.283. The zero-order valence-corrected chi connectivity index (χ0v) is 13.0. The van der Waals surface area contributed by atoms with Crippen molar-refractivity contribution in [3.05, 3.63) is 35.6 Å². The second-order valence-corrected chi connectivity index (χ2v) is 5.96. The molecule has 2 unspecified atom stereocenters. The molecule has 114 valence electrons. The molecule has 3 heteroatoms. The Balaban J connectivity index is 1.75. The molecule has 21 heavy (non-hydrogen) atoms. The molecule has 1 fully saturated rings. The highest BCUT2D eigenvalue weighted by atomic mass is 16.5. The average molecular weight is 287 g/mol. The molecule has 0 saturated carbocycles. The van der Waals surface area contributed by atoms with Crippen LogP contribution in [-0.4, -0.2) is 19.3 Å². The van der Waals surface area contributed by atoms with Crippen LogP contribution >= 0.6 is 0 Å². The Bertz CT molecular complexity index is 584. The largest absolute Gasteiger partial charge is 0.459 e. The van der Waals surface area contributed by atoms with Crippen LogP contribution in [-0.2, 0) is 4.74 Å². The number of furan rings is 1. The minimum absolute atomic E-state index is 0.283. The Hall–Kier alpha value is -1.32. The maximum absolute atomic E-state index is 6.13. The average Bonchev–Trinajstić information content (AvgIpc) is 3.13. The molecule has 1 aliphatic heterocycles. The summed E-state index contributed by atoms with van der Waals surface area (Å²) in [5.41, 5.74) is 2.22. The van der Waals surface area contributed by atoms with Crippen LogP contribution in [0.25, 0.3) is 11.0 Å². The van der Waals surface area contributed by atoms with Crippen LogP contribution in [0.5, 0.6) is 0 Å². The second kappa shape index (κ2) is 6.63. The topological polar surface area (TPSA) is 34.4 Å². The summed E-state index contributed by atoms with van der Waals surface area (Å²) in [4.78, 5) is 0. The van der Waals surface area contributed by atoms with Gasteiger partial charge in [-0.3, -0.25) is 0 Å². The van der Waals surface area contributed by atoms with E-state index in [-0.39, 0.29) is 6.04 Å². The Labute approximate surface area is 126 Å². The smallest absolute Gasteiger partial charge is 0.137 e. The lowest BCUT2D eigenvalue weighted by atomic mass is 10.0. The molecule has 0 amide bonds. The van der Waals surface area contributed by atoms with Crippen LogP contribution in [0, 0.1) is 6.92 Å². The van der Waals surface area contributed by atoms with Gasteiger partial charge in [0.2, 0.25) is 0 Å². The summed E-state index contributed by atoms with van der Waals surface area (Å²) in [6.45, 7) is 6.13. The molecule has 0 spiro atoms. The quantitative estimate of drug-likeness (QED) is 0.857. The first-order valence-corrected chi connectivity index (χ1v) is 8.12. The fourth-order valence-electron chi connectivity index (χ4n) is 3.22. The van der Waals surface area contributed by atoms with Gasteiger partial charge in [-0.15, -0.1) is 0 Å². The number of rotatable bonds is 6. The lowest BCUT2D eigenvalue weighted by Crippen LogP contribution is -2.22. The number of para-hydroxylation sites is 1. The van der Waals surface area contributed by atoms with Crippen molar-refractivity contribution in [3.8, 4) is 0 Å². The number of benzene rings is 1. The first-order chi connectivity index (χ1) is 10.3. The zero-order chi connectivity index (χ0) is 14.7. The molecule has 2 heterocycles. The van der Waals surface area contributed by atoms with Gasteiger partial charge in [0.15, 0.2) is 0 Å². The molecule has 1 saturated heterocycles. The van der Waals surface area contributed by atoms with Gasteiger partial charge in [-0.1, -0.05) is 25.1 Å². The number of ether oxygens (including phenoxy) is 1. The van der Waals surface area contributed by atoms with E-state index >= 15 is 0 Å². The van der Waals surface area contributed by atoms with Crippen LogP contribution in [0.15, 0.2) is 28.7 Å². The number of fused-ring (bicyclic) bond motifs is 1. The predicted molar refractivity (Wildman–Crippen MR) is 85.6 cm³/mol. The Morgan fingerprint density at radius 1 is 1.38 bits per heavy atom. The van der Waals surface area contributed by atoms with Gasteiger partial charge in [0.05, 0.1) is 12.1 Å². The van der Waals surface area contributed by atoms with Crippen LogP contribution in [0.3, 0.4) is 0 Å². The summed E-state index contributed by atoms with van der Waals surface area (Å²) >= 11 is 0. The van der Waals surface area contributed by atoms with Crippen LogP contribution in [0.1, 0.15) is 50.0 Å². The highest BCUT2D eigenvalue weighted by Gasteiger charge is 2.21. The fourth-order valence-corrected chi connectivity index (χ4v) is 3.22. The van der Waals surface area contributed by atoms with E-state index in [1.54, 1.807) is 0 Å². The first-order valence-electron chi connectivity index (χ1n) is 8.12. The lowest BCUT2D eigenvalue weighted by molar-refractivity contribution is 0.0989. The van der Waals surface area contributed by atoms with Gasteiger partial charge < -0.3 is 14.5 Å². The van der Waals surface area contributed by atoms with Gasteiger partial charge in [0.25, 0.3) is 0 Å². The van der Waals surface area contributed by atoms with Gasteiger partial charge in [-0.2, -0.15) is 0 Å². The molecule has 2 aromatic rings. The number of aryl methyl sites for hydroxylation is 1. The van der Waals surface area contributed by atoms with Crippen molar-refractivity contribution in [2.45, 2.75) is 51.7 Å². The van der Waals surface area contributed by atoms with Gasteiger partial charge in [-0.25, -0.2) is 0 Å². The third-order valence-electron chi connectivity index (χ3n) is 4.36. The Kier molecular flexibility index (Phi) is 4.61. The van der Waals surface area contributed by atoms with Crippen molar-refractivity contribution >= 4 is 11.0 Å². The first kappa shape index (κ1) is 14.6. The van der Waals surface area contributed by atoms with E-state index in [0.717, 1.165) is 37.3 Å². The maximum Gasteiger partial charge on any atom is 0.137 e. The molecule has 1 N–H and O–H groups in total. The van der Waals surface area contributed by atoms with Gasteiger partial charge in [0.1, 0.15) is 11.3 Å². The third kappa shape index (κ3) is 3.30. The second-order valence-electron chi connectivity index (χ2n) is 5.96. The summed E-state index contributed by atoms with van der Waals surface area (Å²) in [5.74, 6) is 1.05. The van der Waals surface area contributed by atoms with Gasteiger partial charge >= 0.3 is 0 Å². The SMILES string of the molecule is CCNC(CCC1CCCO1)c1cc2cccc(C)c2o1. The molecule has 0 bridgehead atoms. The minimum Gasteiger partial charge on any atom is -0.459 e. The molecule has 1 aliphatic rings. The van der Waals surface area contributed by atoms with E-state index in [9.17, 15) is 0 Å². The monoisotopic (exact) mass is 287 g/mol. The van der Waals surface area contributed by atoms with Crippen LogP contribution in [0.4, 0.5) is 0 Å². The van der Waals surface area contributed by atoms with Crippen LogP contribution < -0.4 is 5.32 Å². The zero-order valence-electron chi connectivity index (χ0n) is 13.0. The van der Waals surface area contributed by atoms with Crippen molar-refractivity contribution in [1.29, 1.82) is 0 Å². The van der Waals surface area contributed by atoms with E-state index in [4.69, 9.17) is 9.15 Å². The molecular formula is C18H25NO2. The number of hydrogen-bond acceptors (Lipinski definition) is 3. The predicted octanol–water partition coefficient (Wildman–Crippen LogP) is 4.35. The standard InChI is InChI=1S/C18H25NO2/c1-3-19-16(10-9-15-8-5-11-20-15)17-12-14-7-4-6-13(2)18(14)21-17/h4,6-7,12,15-16,19H,3,5,8-11H2,1-2H3. The fraction of sp³-hybridized carbons (Fsp3) is 0.556. The van der Waals surface area contributed by atoms with Crippen molar-refractivity contribution in [3.63, 3.8) is 0 Å². The summed E-state index contributed by atoms with van der Waals surface area (Å²) in [6, 6.07) is 8.78.